The predicted molar refractivity (Wildman–Crippen MR) is 66.0 cm³/mol. The molecule has 0 spiro atoms. The summed E-state index contributed by atoms with van der Waals surface area (Å²) in [7, 11) is 3.24. The van der Waals surface area contributed by atoms with Gasteiger partial charge in [-0.2, -0.15) is 0 Å². The van der Waals surface area contributed by atoms with E-state index < -0.39 is 0 Å². The standard InChI is InChI=1S/C13H17NO4/c1-14(9-5-6-18-8-9)13(16)11-4-3-10(17-2)7-12(11)15/h3-4,7,9,15H,5-6,8H2,1-2H3. The first kappa shape index (κ1) is 12.7. The molecule has 5 heteroatoms. The van der Waals surface area contributed by atoms with Gasteiger partial charge in [0.25, 0.3) is 5.91 Å². The Labute approximate surface area is 106 Å². The lowest BCUT2D eigenvalue weighted by Gasteiger charge is -2.23. The first-order chi connectivity index (χ1) is 8.63. The van der Waals surface area contributed by atoms with Crippen LogP contribution in [0.4, 0.5) is 0 Å². The first-order valence-corrected chi connectivity index (χ1v) is 5.85. The van der Waals surface area contributed by atoms with Crippen molar-refractivity contribution in [2.24, 2.45) is 0 Å². The maximum absolute atomic E-state index is 12.2. The van der Waals surface area contributed by atoms with Crippen LogP contribution in [0.15, 0.2) is 18.2 Å². The molecule has 2 rings (SSSR count). The van der Waals surface area contributed by atoms with Crippen molar-refractivity contribution in [3.05, 3.63) is 23.8 Å². The highest BCUT2D eigenvalue weighted by atomic mass is 16.5. The van der Waals surface area contributed by atoms with E-state index in [0.29, 0.717) is 19.0 Å². The molecular formula is C13H17NO4. The van der Waals surface area contributed by atoms with Crippen molar-refractivity contribution in [1.82, 2.24) is 4.90 Å². The number of aromatic hydroxyl groups is 1. The van der Waals surface area contributed by atoms with Crippen molar-refractivity contribution in [2.75, 3.05) is 27.4 Å². The Morgan fingerprint density at radius 1 is 1.56 bits per heavy atom. The molecule has 18 heavy (non-hydrogen) atoms. The molecule has 98 valence electrons. The summed E-state index contributed by atoms with van der Waals surface area (Å²) in [5.41, 5.74) is 0.283. The maximum Gasteiger partial charge on any atom is 0.257 e. The molecule has 1 amide bonds. The van der Waals surface area contributed by atoms with Gasteiger partial charge in [-0.15, -0.1) is 0 Å². The average molecular weight is 251 g/mol. The van der Waals surface area contributed by atoms with Gasteiger partial charge in [-0.1, -0.05) is 0 Å². The van der Waals surface area contributed by atoms with Crippen LogP contribution in [0.3, 0.4) is 0 Å². The number of phenolic OH excluding ortho intramolecular Hbond substituents is 1. The second kappa shape index (κ2) is 5.27. The zero-order valence-corrected chi connectivity index (χ0v) is 10.5. The Morgan fingerprint density at radius 2 is 2.33 bits per heavy atom. The fourth-order valence-electron chi connectivity index (χ4n) is 2.00. The van der Waals surface area contributed by atoms with Crippen LogP contribution < -0.4 is 4.74 Å². The van der Waals surface area contributed by atoms with Gasteiger partial charge in [0.1, 0.15) is 11.5 Å². The van der Waals surface area contributed by atoms with Crippen molar-refractivity contribution >= 4 is 5.91 Å². The summed E-state index contributed by atoms with van der Waals surface area (Å²) in [4.78, 5) is 13.8. The van der Waals surface area contributed by atoms with Crippen molar-refractivity contribution in [3.63, 3.8) is 0 Å². The topological polar surface area (TPSA) is 59.0 Å². The SMILES string of the molecule is COc1ccc(C(=O)N(C)C2CCOC2)c(O)c1. The molecule has 1 aromatic rings. The molecule has 1 heterocycles. The number of hydrogen-bond acceptors (Lipinski definition) is 4. The summed E-state index contributed by atoms with van der Waals surface area (Å²) in [6.45, 7) is 1.23. The number of rotatable bonds is 3. The fourth-order valence-corrected chi connectivity index (χ4v) is 2.00. The van der Waals surface area contributed by atoms with Gasteiger partial charge < -0.3 is 19.5 Å². The predicted octanol–water partition coefficient (Wildman–Crippen LogP) is 1.26. The smallest absolute Gasteiger partial charge is 0.257 e. The van der Waals surface area contributed by atoms with Crippen LogP contribution in [-0.2, 0) is 4.74 Å². The second-order valence-electron chi connectivity index (χ2n) is 4.32. The zero-order chi connectivity index (χ0) is 13.1. The van der Waals surface area contributed by atoms with Crippen molar-refractivity contribution in [2.45, 2.75) is 12.5 Å². The van der Waals surface area contributed by atoms with Crippen LogP contribution in [-0.4, -0.2) is 49.3 Å². The summed E-state index contributed by atoms with van der Waals surface area (Å²) in [5.74, 6) is 0.256. The number of benzene rings is 1. The molecule has 1 aliphatic heterocycles. The molecule has 1 fully saturated rings. The van der Waals surface area contributed by atoms with Gasteiger partial charge in [0.2, 0.25) is 0 Å². The molecule has 0 radical (unpaired) electrons. The summed E-state index contributed by atoms with van der Waals surface area (Å²) in [6.07, 6.45) is 0.832. The summed E-state index contributed by atoms with van der Waals surface area (Å²) < 4.78 is 10.2. The number of amides is 1. The Hall–Kier alpha value is -1.75. The molecule has 1 aromatic carbocycles. The van der Waals surface area contributed by atoms with E-state index in [-0.39, 0.29) is 23.3 Å². The maximum atomic E-state index is 12.2. The van der Waals surface area contributed by atoms with Crippen LogP contribution in [0.1, 0.15) is 16.8 Å². The fraction of sp³-hybridized carbons (Fsp3) is 0.462. The lowest BCUT2D eigenvalue weighted by atomic mass is 10.1. The van der Waals surface area contributed by atoms with E-state index in [1.54, 1.807) is 24.1 Å². The van der Waals surface area contributed by atoms with Gasteiger partial charge in [0.05, 0.1) is 25.3 Å². The Kier molecular flexibility index (Phi) is 3.72. The van der Waals surface area contributed by atoms with Gasteiger partial charge in [-0.05, 0) is 18.6 Å². The molecule has 0 bridgehead atoms. The van der Waals surface area contributed by atoms with Crippen LogP contribution in [0.5, 0.6) is 11.5 Å². The van der Waals surface area contributed by atoms with E-state index in [1.807, 2.05) is 0 Å². The number of methoxy groups -OCH3 is 1. The van der Waals surface area contributed by atoms with E-state index in [0.717, 1.165) is 6.42 Å². The van der Waals surface area contributed by atoms with Gasteiger partial charge >= 0.3 is 0 Å². The number of hydrogen-bond donors (Lipinski definition) is 1. The number of ether oxygens (including phenoxy) is 2. The second-order valence-corrected chi connectivity index (χ2v) is 4.32. The first-order valence-electron chi connectivity index (χ1n) is 5.85. The van der Waals surface area contributed by atoms with Crippen LogP contribution in [0, 0.1) is 0 Å². The zero-order valence-electron chi connectivity index (χ0n) is 10.5. The van der Waals surface area contributed by atoms with Crippen LogP contribution in [0.2, 0.25) is 0 Å². The third kappa shape index (κ3) is 2.41. The third-order valence-electron chi connectivity index (χ3n) is 3.21. The largest absolute Gasteiger partial charge is 0.507 e. The van der Waals surface area contributed by atoms with Gasteiger partial charge in [0, 0.05) is 19.7 Å². The van der Waals surface area contributed by atoms with Gasteiger partial charge in [0.15, 0.2) is 0 Å². The number of phenols is 1. The normalized spacial score (nSPS) is 18.7. The highest BCUT2D eigenvalue weighted by Crippen LogP contribution is 2.25. The lowest BCUT2D eigenvalue weighted by molar-refractivity contribution is 0.0708. The monoisotopic (exact) mass is 251 g/mol. The summed E-state index contributed by atoms with van der Waals surface area (Å²) in [5, 5.41) is 9.83. The van der Waals surface area contributed by atoms with Crippen molar-refractivity contribution in [1.29, 1.82) is 0 Å². The third-order valence-corrected chi connectivity index (χ3v) is 3.21. The highest BCUT2D eigenvalue weighted by molar-refractivity contribution is 5.97. The van der Waals surface area contributed by atoms with Crippen LogP contribution in [0.25, 0.3) is 0 Å². The van der Waals surface area contributed by atoms with E-state index in [9.17, 15) is 9.90 Å². The molecule has 1 unspecified atom stereocenters. The van der Waals surface area contributed by atoms with E-state index >= 15 is 0 Å². The molecule has 1 saturated heterocycles. The van der Waals surface area contributed by atoms with Gasteiger partial charge in [-0.3, -0.25) is 4.79 Å². The Bertz CT molecular complexity index is 441. The molecule has 1 atom stereocenters. The highest BCUT2D eigenvalue weighted by Gasteiger charge is 2.26. The number of carbonyl (C=O) groups is 1. The van der Waals surface area contributed by atoms with Crippen molar-refractivity contribution < 1.29 is 19.4 Å². The summed E-state index contributed by atoms with van der Waals surface area (Å²) in [6, 6.07) is 4.75. The molecular weight excluding hydrogens is 234 g/mol. The summed E-state index contributed by atoms with van der Waals surface area (Å²) >= 11 is 0. The van der Waals surface area contributed by atoms with E-state index in [1.165, 1.54) is 13.2 Å². The number of carbonyl (C=O) groups excluding carboxylic acids is 1. The molecule has 0 aromatic heterocycles. The molecule has 1 N–H and O–H groups in total. The quantitative estimate of drug-likeness (QED) is 0.878. The van der Waals surface area contributed by atoms with E-state index in [4.69, 9.17) is 9.47 Å². The number of likely N-dealkylation sites (N-methyl/N-ethyl adjacent to an activating group) is 1. The Balaban J connectivity index is 2.17. The lowest BCUT2D eigenvalue weighted by Crippen LogP contribution is -2.37. The molecule has 5 nitrogen and oxygen atoms in total. The van der Waals surface area contributed by atoms with E-state index in [2.05, 4.69) is 0 Å². The number of nitrogens with zero attached hydrogens (tertiary/aromatic N) is 1. The minimum atomic E-state index is -0.203. The minimum Gasteiger partial charge on any atom is -0.507 e. The van der Waals surface area contributed by atoms with Crippen molar-refractivity contribution in [3.8, 4) is 11.5 Å². The minimum absolute atomic E-state index is 0.0647. The average Bonchev–Trinajstić information content (AvgIpc) is 2.90. The molecule has 0 saturated carbocycles. The van der Waals surface area contributed by atoms with Crippen LogP contribution >= 0.6 is 0 Å². The molecule has 1 aliphatic rings. The molecule has 0 aliphatic carbocycles. The van der Waals surface area contributed by atoms with Gasteiger partial charge in [-0.25, -0.2) is 0 Å². The Morgan fingerprint density at radius 3 is 2.89 bits per heavy atom.